The molecule has 3 N–H and O–H groups in total. The molecule has 0 aromatic heterocycles. The molecule has 20 heavy (non-hydrogen) atoms. The van der Waals surface area contributed by atoms with Gasteiger partial charge in [-0.3, -0.25) is 14.9 Å². The number of para-hydroxylation sites is 1. The number of carbonyl (C=O) groups excluding carboxylic acids is 1. The van der Waals surface area contributed by atoms with Crippen LogP contribution in [0, 0.1) is 10.1 Å². The molecule has 110 valence electrons. The fraction of sp³-hybridized carbons (Fsp3) is 0.462. The minimum atomic E-state index is -1.05. The molecule has 1 rings (SSSR count). The molecule has 0 aliphatic rings. The molecule has 0 saturated carbocycles. The predicted molar refractivity (Wildman–Crippen MR) is 75.4 cm³/mol. The van der Waals surface area contributed by atoms with Gasteiger partial charge in [0.15, 0.2) is 0 Å². The molecule has 0 atom stereocenters. The molecule has 0 bridgehead atoms. The van der Waals surface area contributed by atoms with E-state index in [1.54, 1.807) is 20.8 Å². The lowest BCUT2D eigenvalue weighted by Gasteiger charge is -2.28. The average molecular weight is 281 g/mol. The van der Waals surface area contributed by atoms with E-state index in [1.807, 2.05) is 0 Å². The second-order valence-corrected chi connectivity index (χ2v) is 5.13. The van der Waals surface area contributed by atoms with Crippen LogP contribution < -0.4 is 5.73 Å². The van der Waals surface area contributed by atoms with E-state index in [0.717, 1.165) is 0 Å². The van der Waals surface area contributed by atoms with E-state index in [1.165, 1.54) is 23.1 Å². The van der Waals surface area contributed by atoms with Gasteiger partial charge in [0.25, 0.3) is 11.6 Å². The van der Waals surface area contributed by atoms with Crippen LogP contribution in [0.25, 0.3) is 0 Å². The Morgan fingerprint density at radius 3 is 2.55 bits per heavy atom. The minimum Gasteiger partial charge on any atom is -0.393 e. The van der Waals surface area contributed by atoms with Crippen LogP contribution in [0.1, 0.15) is 31.1 Å². The summed E-state index contributed by atoms with van der Waals surface area (Å²) < 4.78 is 0. The Labute approximate surface area is 117 Å². The molecule has 0 spiro atoms. The van der Waals surface area contributed by atoms with Crippen LogP contribution in [0.4, 0.5) is 11.4 Å². The van der Waals surface area contributed by atoms with Crippen molar-refractivity contribution in [2.24, 2.45) is 0 Å². The molecule has 0 radical (unpaired) electrons. The molecule has 1 aromatic carbocycles. The minimum absolute atomic E-state index is 0.0744. The number of nitro benzene ring substituents is 1. The maximum Gasteiger partial charge on any atom is 0.292 e. The van der Waals surface area contributed by atoms with Gasteiger partial charge in [0, 0.05) is 19.2 Å². The van der Waals surface area contributed by atoms with E-state index < -0.39 is 16.4 Å². The maximum absolute atomic E-state index is 12.4. The zero-order chi connectivity index (χ0) is 15.5. The van der Waals surface area contributed by atoms with Crippen molar-refractivity contribution in [3.05, 3.63) is 33.9 Å². The largest absolute Gasteiger partial charge is 0.393 e. The van der Waals surface area contributed by atoms with Crippen molar-refractivity contribution in [2.45, 2.75) is 26.4 Å². The molecule has 0 heterocycles. The van der Waals surface area contributed by atoms with Crippen molar-refractivity contribution in [3.63, 3.8) is 0 Å². The molecular formula is C13H19N3O4. The zero-order valence-corrected chi connectivity index (χ0v) is 11.8. The van der Waals surface area contributed by atoms with Crippen molar-refractivity contribution < 1.29 is 14.8 Å². The van der Waals surface area contributed by atoms with Crippen LogP contribution in [-0.4, -0.2) is 39.5 Å². The van der Waals surface area contributed by atoms with Crippen LogP contribution in [-0.2, 0) is 0 Å². The molecule has 0 fully saturated rings. The first kappa shape index (κ1) is 15.9. The number of nitrogen functional groups attached to an aromatic ring is 1. The number of rotatable bonds is 5. The SMILES string of the molecule is CCN(CC(C)(C)O)C(=O)c1cccc([N+](=O)[O-])c1N. The third-order valence-corrected chi connectivity index (χ3v) is 2.76. The first-order valence-corrected chi connectivity index (χ1v) is 6.22. The van der Waals surface area contributed by atoms with Crippen molar-refractivity contribution in [1.82, 2.24) is 4.90 Å². The second kappa shape index (κ2) is 5.87. The van der Waals surface area contributed by atoms with Gasteiger partial charge in [-0.05, 0) is 26.8 Å². The van der Waals surface area contributed by atoms with Gasteiger partial charge in [0.2, 0.25) is 0 Å². The van der Waals surface area contributed by atoms with E-state index in [4.69, 9.17) is 5.73 Å². The van der Waals surface area contributed by atoms with Gasteiger partial charge in [0.05, 0.1) is 16.1 Å². The van der Waals surface area contributed by atoms with E-state index in [-0.39, 0.29) is 23.5 Å². The number of nitrogens with zero attached hydrogens (tertiary/aromatic N) is 2. The van der Waals surface area contributed by atoms with Gasteiger partial charge in [-0.2, -0.15) is 0 Å². The van der Waals surface area contributed by atoms with Gasteiger partial charge in [0.1, 0.15) is 5.69 Å². The molecule has 1 amide bonds. The highest BCUT2D eigenvalue weighted by molar-refractivity contribution is 6.01. The van der Waals surface area contributed by atoms with Gasteiger partial charge in [-0.15, -0.1) is 0 Å². The number of nitro groups is 1. The molecule has 0 unspecified atom stereocenters. The molecule has 1 aromatic rings. The third kappa shape index (κ3) is 3.67. The lowest BCUT2D eigenvalue weighted by atomic mass is 10.1. The summed E-state index contributed by atoms with van der Waals surface area (Å²) in [6, 6.07) is 4.11. The van der Waals surface area contributed by atoms with Crippen LogP contribution in [0.15, 0.2) is 18.2 Å². The predicted octanol–water partition coefficient (Wildman–Crippen LogP) is 1.41. The first-order valence-electron chi connectivity index (χ1n) is 6.22. The van der Waals surface area contributed by atoms with Gasteiger partial charge >= 0.3 is 0 Å². The third-order valence-electron chi connectivity index (χ3n) is 2.76. The highest BCUT2D eigenvalue weighted by atomic mass is 16.6. The van der Waals surface area contributed by atoms with Gasteiger partial charge < -0.3 is 15.7 Å². The normalized spacial score (nSPS) is 11.2. The van der Waals surface area contributed by atoms with Crippen LogP contribution in [0.5, 0.6) is 0 Å². The fourth-order valence-electron chi connectivity index (χ4n) is 1.86. The fourth-order valence-corrected chi connectivity index (χ4v) is 1.86. The summed E-state index contributed by atoms with van der Waals surface area (Å²) in [4.78, 5) is 24.0. The van der Waals surface area contributed by atoms with Crippen LogP contribution >= 0.6 is 0 Å². The molecule has 0 aliphatic carbocycles. The van der Waals surface area contributed by atoms with Crippen molar-refractivity contribution >= 4 is 17.3 Å². The average Bonchev–Trinajstić information content (AvgIpc) is 2.34. The highest BCUT2D eigenvalue weighted by Gasteiger charge is 2.26. The summed E-state index contributed by atoms with van der Waals surface area (Å²) in [5, 5.41) is 20.6. The number of benzene rings is 1. The van der Waals surface area contributed by atoms with Crippen LogP contribution in [0.3, 0.4) is 0 Å². The summed E-state index contributed by atoms with van der Waals surface area (Å²) >= 11 is 0. The Balaban J connectivity index is 3.14. The number of likely N-dealkylation sites (N-methyl/N-ethyl adjacent to an activating group) is 1. The Hall–Kier alpha value is -2.15. The number of anilines is 1. The van der Waals surface area contributed by atoms with Gasteiger partial charge in [-0.25, -0.2) is 0 Å². The number of hydrogen-bond acceptors (Lipinski definition) is 5. The number of nitrogens with two attached hydrogens (primary N) is 1. The topological polar surface area (TPSA) is 110 Å². The lowest BCUT2D eigenvalue weighted by molar-refractivity contribution is -0.383. The second-order valence-electron chi connectivity index (χ2n) is 5.13. The molecular weight excluding hydrogens is 262 g/mol. The summed E-state index contributed by atoms with van der Waals surface area (Å²) in [5.74, 6) is -0.434. The van der Waals surface area contributed by atoms with Crippen molar-refractivity contribution in [1.29, 1.82) is 0 Å². The Bertz CT molecular complexity index is 523. The van der Waals surface area contributed by atoms with E-state index in [9.17, 15) is 20.0 Å². The van der Waals surface area contributed by atoms with E-state index in [0.29, 0.717) is 6.54 Å². The molecule has 7 heteroatoms. The number of hydrogen-bond donors (Lipinski definition) is 2. The summed E-state index contributed by atoms with van der Waals surface area (Å²) in [6.07, 6.45) is 0. The number of carbonyl (C=O) groups is 1. The Morgan fingerprint density at radius 2 is 2.10 bits per heavy atom. The summed E-state index contributed by atoms with van der Waals surface area (Å²) in [5.41, 5.74) is 4.26. The smallest absolute Gasteiger partial charge is 0.292 e. The Kier molecular flexibility index (Phi) is 4.67. The quantitative estimate of drug-likeness (QED) is 0.481. The highest BCUT2D eigenvalue weighted by Crippen LogP contribution is 2.26. The Morgan fingerprint density at radius 1 is 1.50 bits per heavy atom. The summed E-state index contributed by atoms with van der Waals surface area (Å²) in [7, 11) is 0. The zero-order valence-electron chi connectivity index (χ0n) is 11.8. The molecule has 0 aliphatic heterocycles. The standard InChI is InChI=1S/C13H19N3O4/c1-4-15(8-13(2,3)18)12(17)9-6-5-7-10(11(9)14)16(19)20/h5-7,18H,4,8,14H2,1-3H3. The monoisotopic (exact) mass is 281 g/mol. The summed E-state index contributed by atoms with van der Waals surface area (Å²) in [6.45, 7) is 5.41. The van der Waals surface area contributed by atoms with Crippen molar-refractivity contribution in [3.8, 4) is 0 Å². The van der Waals surface area contributed by atoms with Crippen molar-refractivity contribution in [2.75, 3.05) is 18.8 Å². The van der Waals surface area contributed by atoms with Gasteiger partial charge in [-0.1, -0.05) is 6.07 Å². The van der Waals surface area contributed by atoms with E-state index >= 15 is 0 Å². The lowest BCUT2D eigenvalue weighted by Crippen LogP contribution is -2.42. The maximum atomic E-state index is 12.4. The van der Waals surface area contributed by atoms with E-state index in [2.05, 4.69) is 0 Å². The molecule has 7 nitrogen and oxygen atoms in total. The molecule has 0 saturated heterocycles. The first-order chi connectivity index (χ1) is 9.17. The number of amides is 1. The number of aliphatic hydroxyl groups is 1. The van der Waals surface area contributed by atoms with Crippen LogP contribution in [0.2, 0.25) is 0 Å².